The molecule has 0 saturated heterocycles. The van der Waals surface area contributed by atoms with Gasteiger partial charge in [-0.15, -0.1) is 0 Å². The lowest BCUT2D eigenvalue weighted by Gasteiger charge is -2.10. The lowest BCUT2D eigenvalue weighted by atomic mass is 10.1. The summed E-state index contributed by atoms with van der Waals surface area (Å²) in [5, 5.41) is 3.35. The number of rotatable bonds is 5. The Morgan fingerprint density at radius 1 is 1.09 bits per heavy atom. The Morgan fingerprint density at radius 2 is 1.87 bits per heavy atom. The van der Waals surface area contributed by atoms with Crippen LogP contribution in [0.5, 0.6) is 0 Å². The van der Waals surface area contributed by atoms with Gasteiger partial charge in [0.05, 0.1) is 0 Å². The van der Waals surface area contributed by atoms with E-state index in [2.05, 4.69) is 62.9 Å². The van der Waals surface area contributed by atoms with Crippen molar-refractivity contribution in [2.45, 2.75) is 33.2 Å². The molecule has 23 heavy (non-hydrogen) atoms. The number of hydrogen-bond acceptors (Lipinski definition) is 4. The molecule has 0 aliphatic rings. The minimum absolute atomic E-state index is 0.399. The van der Waals surface area contributed by atoms with E-state index in [4.69, 9.17) is 0 Å². The molecule has 5 heteroatoms. The van der Waals surface area contributed by atoms with Crippen LogP contribution in [0.15, 0.2) is 49.1 Å². The van der Waals surface area contributed by atoms with E-state index in [-0.39, 0.29) is 0 Å². The zero-order valence-corrected chi connectivity index (χ0v) is 13.7. The lowest BCUT2D eigenvalue weighted by molar-refractivity contribution is 0.814. The van der Waals surface area contributed by atoms with Crippen molar-refractivity contribution in [3.8, 4) is 5.69 Å². The predicted octanol–water partition coefficient (Wildman–Crippen LogP) is 3.71. The summed E-state index contributed by atoms with van der Waals surface area (Å²) in [7, 11) is 0. The van der Waals surface area contributed by atoms with Crippen LogP contribution >= 0.6 is 0 Å². The second-order valence-electron chi connectivity index (χ2n) is 5.85. The smallest absolute Gasteiger partial charge is 0.129 e. The minimum Gasteiger partial charge on any atom is -0.366 e. The van der Waals surface area contributed by atoms with Crippen molar-refractivity contribution in [1.29, 1.82) is 0 Å². The highest BCUT2D eigenvalue weighted by Crippen LogP contribution is 2.15. The van der Waals surface area contributed by atoms with Gasteiger partial charge in [0.2, 0.25) is 0 Å². The van der Waals surface area contributed by atoms with Gasteiger partial charge < -0.3 is 9.88 Å². The zero-order valence-electron chi connectivity index (χ0n) is 13.7. The third-order valence-electron chi connectivity index (χ3n) is 3.79. The number of aryl methyl sites for hydroxylation is 1. The summed E-state index contributed by atoms with van der Waals surface area (Å²) in [6.07, 6.45) is 5.39. The van der Waals surface area contributed by atoms with E-state index in [1.54, 1.807) is 6.33 Å². The Bertz CT molecular complexity index is 774. The van der Waals surface area contributed by atoms with E-state index >= 15 is 0 Å². The fourth-order valence-corrected chi connectivity index (χ4v) is 2.40. The van der Waals surface area contributed by atoms with Crippen molar-refractivity contribution in [2.24, 2.45) is 0 Å². The van der Waals surface area contributed by atoms with Gasteiger partial charge in [0.1, 0.15) is 18.0 Å². The first-order chi connectivity index (χ1) is 11.1. The van der Waals surface area contributed by atoms with Crippen molar-refractivity contribution in [1.82, 2.24) is 19.5 Å². The van der Waals surface area contributed by atoms with Crippen LogP contribution < -0.4 is 5.32 Å². The number of nitrogens with zero attached hydrogens (tertiary/aromatic N) is 4. The molecular weight excluding hydrogens is 286 g/mol. The Labute approximate surface area is 136 Å². The van der Waals surface area contributed by atoms with E-state index in [0.717, 1.165) is 29.6 Å². The molecule has 3 rings (SSSR count). The molecule has 3 aromatic rings. The number of benzene rings is 1. The number of nitrogens with one attached hydrogen (secondary N) is 1. The first-order valence-corrected chi connectivity index (χ1v) is 7.78. The summed E-state index contributed by atoms with van der Waals surface area (Å²) in [5.41, 5.74) is 3.37. The van der Waals surface area contributed by atoms with Crippen LogP contribution in [0.25, 0.3) is 5.69 Å². The third-order valence-corrected chi connectivity index (χ3v) is 3.79. The quantitative estimate of drug-likeness (QED) is 0.781. The molecular formula is C18H21N5. The molecule has 0 atom stereocenters. The molecule has 0 aliphatic carbocycles. The summed E-state index contributed by atoms with van der Waals surface area (Å²) in [5.74, 6) is 2.24. The molecule has 0 amide bonds. The first-order valence-electron chi connectivity index (χ1n) is 7.78. The molecule has 0 unspecified atom stereocenters. The summed E-state index contributed by atoms with van der Waals surface area (Å²) in [6, 6.07) is 10.4. The van der Waals surface area contributed by atoms with E-state index in [0.29, 0.717) is 5.92 Å². The lowest BCUT2D eigenvalue weighted by Crippen LogP contribution is -2.04. The van der Waals surface area contributed by atoms with Crippen molar-refractivity contribution < 1.29 is 0 Å². The molecule has 5 nitrogen and oxygen atoms in total. The maximum Gasteiger partial charge on any atom is 0.129 e. The van der Waals surface area contributed by atoms with Gasteiger partial charge >= 0.3 is 0 Å². The monoisotopic (exact) mass is 307 g/mol. The number of imidazole rings is 1. The molecule has 1 aromatic carbocycles. The fourth-order valence-electron chi connectivity index (χ4n) is 2.40. The van der Waals surface area contributed by atoms with E-state index < -0.39 is 0 Å². The minimum atomic E-state index is 0.399. The summed E-state index contributed by atoms with van der Waals surface area (Å²) < 4.78 is 2.07. The molecule has 2 aromatic heterocycles. The summed E-state index contributed by atoms with van der Waals surface area (Å²) in [6.45, 7) is 6.99. The SMILES string of the molecule is Cc1nccn1-c1ccc(CNc2cc(C(C)C)ncn2)cc1. The number of aromatic nitrogens is 4. The van der Waals surface area contributed by atoms with Crippen LogP contribution in [0.3, 0.4) is 0 Å². The zero-order chi connectivity index (χ0) is 16.2. The van der Waals surface area contributed by atoms with Crippen molar-refractivity contribution in [3.63, 3.8) is 0 Å². The van der Waals surface area contributed by atoms with Gasteiger partial charge in [0.25, 0.3) is 0 Å². The van der Waals surface area contributed by atoms with Crippen LogP contribution in [0.2, 0.25) is 0 Å². The normalized spacial score (nSPS) is 11.0. The number of anilines is 1. The molecule has 118 valence electrons. The topological polar surface area (TPSA) is 55.6 Å². The molecule has 2 heterocycles. The standard InChI is InChI=1S/C18H21N5/c1-13(2)17-10-18(22-12-21-17)20-11-15-4-6-16(7-5-15)23-9-8-19-14(23)3/h4-10,12-13H,11H2,1-3H3,(H,20,21,22). The molecule has 0 saturated carbocycles. The first kappa shape index (κ1) is 15.2. The molecule has 0 spiro atoms. The van der Waals surface area contributed by atoms with Gasteiger partial charge in [-0.2, -0.15) is 0 Å². The molecule has 0 bridgehead atoms. The van der Waals surface area contributed by atoms with Crippen LogP contribution in [0, 0.1) is 6.92 Å². The number of hydrogen-bond donors (Lipinski definition) is 1. The second-order valence-corrected chi connectivity index (χ2v) is 5.85. The average Bonchev–Trinajstić information content (AvgIpc) is 3.00. The summed E-state index contributed by atoms with van der Waals surface area (Å²) >= 11 is 0. The largest absolute Gasteiger partial charge is 0.366 e. The Kier molecular flexibility index (Phi) is 4.37. The van der Waals surface area contributed by atoms with Gasteiger partial charge in [-0.05, 0) is 30.5 Å². The van der Waals surface area contributed by atoms with Crippen LogP contribution in [-0.2, 0) is 6.54 Å². The Balaban J connectivity index is 1.67. The van der Waals surface area contributed by atoms with Crippen LogP contribution in [0.4, 0.5) is 5.82 Å². The van der Waals surface area contributed by atoms with Gasteiger partial charge in [-0.25, -0.2) is 15.0 Å². The predicted molar refractivity (Wildman–Crippen MR) is 91.7 cm³/mol. The van der Waals surface area contributed by atoms with E-state index in [9.17, 15) is 0 Å². The van der Waals surface area contributed by atoms with Crippen molar-refractivity contribution in [2.75, 3.05) is 5.32 Å². The maximum atomic E-state index is 4.28. The van der Waals surface area contributed by atoms with Crippen LogP contribution in [0.1, 0.15) is 36.8 Å². The summed E-state index contributed by atoms with van der Waals surface area (Å²) in [4.78, 5) is 12.8. The molecule has 1 N–H and O–H groups in total. The fraction of sp³-hybridized carbons (Fsp3) is 0.278. The molecule has 0 fully saturated rings. The third kappa shape index (κ3) is 3.56. The van der Waals surface area contributed by atoms with E-state index in [1.165, 1.54) is 5.56 Å². The van der Waals surface area contributed by atoms with E-state index in [1.807, 2.05) is 25.4 Å². The molecule has 0 radical (unpaired) electrons. The van der Waals surface area contributed by atoms with Crippen molar-refractivity contribution in [3.05, 3.63) is 66.1 Å². The molecule has 0 aliphatic heterocycles. The Hall–Kier alpha value is -2.69. The van der Waals surface area contributed by atoms with Gasteiger partial charge in [0.15, 0.2) is 0 Å². The van der Waals surface area contributed by atoms with Crippen molar-refractivity contribution >= 4 is 5.82 Å². The second kappa shape index (κ2) is 6.60. The van der Waals surface area contributed by atoms with Gasteiger partial charge in [0, 0.05) is 36.4 Å². The van der Waals surface area contributed by atoms with Gasteiger partial charge in [-0.1, -0.05) is 26.0 Å². The Morgan fingerprint density at radius 3 is 2.52 bits per heavy atom. The average molecular weight is 307 g/mol. The van der Waals surface area contributed by atoms with Crippen LogP contribution in [-0.4, -0.2) is 19.5 Å². The van der Waals surface area contributed by atoms with Gasteiger partial charge in [-0.3, -0.25) is 0 Å². The maximum absolute atomic E-state index is 4.28. The highest BCUT2D eigenvalue weighted by Gasteiger charge is 2.04. The highest BCUT2D eigenvalue weighted by molar-refractivity contribution is 5.39. The highest BCUT2D eigenvalue weighted by atomic mass is 15.1.